The second-order valence-electron chi connectivity index (χ2n) is 5.26. The lowest BCUT2D eigenvalue weighted by molar-refractivity contribution is -0.0401. The van der Waals surface area contributed by atoms with Crippen LogP contribution in [-0.4, -0.2) is 43.2 Å². The highest BCUT2D eigenvalue weighted by atomic mass is 16.5. The molecule has 0 aliphatic carbocycles. The standard InChI is InChI=1S/C17H19NO4/c1-13-16(7-9-20-13)17(19)18-8-10-21-15(11-18)12-22-14-5-3-2-4-6-14/h2-7,9,15H,8,10-12H2,1H3/t15-/m1/s1. The molecule has 2 aromatic rings. The van der Waals surface area contributed by atoms with E-state index in [-0.39, 0.29) is 12.0 Å². The first-order valence-electron chi connectivity index (χ1n) is 7.37. The Hall–Kier alpha value is -2.27. The first-order chi connectivity index (χ1) is 10.7. The Labute approximate surface area is 129 Å². The molecule has 1 saturated heterocycles. The second kappa shape index (κ2) is 6.66. The number of amides is 1. The van der Waals surface area contributed by atoms with Crippen LogP contribution < -0.4 is 4.74 Å². The van der Waals surface area contributed by atoms with Crippen LogP contribution in [0.2, 0.25) is 0 Å². The summed E-state index contributed by atoms with van der Waals surface area (Å²) in [6.07, 6.45) is 1.42. The highest BCUT2D eigenvalue weighted by Gasteiger charge is 2.27. The molecule has 1 aromatic heterocycles. The minimum absolute atomic E-state index is 0.0146. The molecule has 0 saturated carbocycles. The van der Waals surface area contributed by atoms with Gasteiger partial charge < -0.3 is 18.8 Å². The Kier molecular flexibility index (Phi) is 4.44. The number of furan rings is 1. The summed E-state index contributed by atoms with van der Waals surface area (Å²) in [5.41, 5.74) is 0.615. The number of morpholine rings is 1. The monoisotopic (exact) mass is 301 g/mol. The van der Waals surface area contributed by atoms with E-state index in [4.69, 9.17) is 13.9 Å². The number of para-hydroxylation sites is 1. The second-order valence-corrected chi connectivity index (χ2v) is 5.26. The molecule has 0 bridgehead atoms. The molecule has 116 valence electrons. The zero-order chi connectivity index (χ0) is 15.4. The van der Waals surface area contributed by atoms with Crippen LogP contribution in [0.4, 0.5) is 0 Å². The SMILES string of the molecule is Cc1occc1C(=O)N1CCO[C@@H](COc2ccccc2)C1. The number of rotatable bonds is 4. The molecular weight excluding hydrogens is 282 g/mol. The van der Waals surface area contributed by atoms with Crippen LogP contribution in [0, 0.1) is 6.92 Å². The Balaban J connectivity index is 1.57. The average Bonchev–Trinajstić information content (AvgIpc) is 2.99. The molecule has 0 unspecified atom stereocenters. The summed E-state index contributed by atoms with van der Waals surface area (Å²) in [6.45, 7) is 3.86. The summed E-state index contributed by atoms with van der Waals surface area (Å²) in [7, 11) is 0. The van der Waals surface area contributed by atoms with Crippen LogP contribution in [0.1, 0.15) is 16.1 Å². The molecule has 22 heavy (non-hydrogen) atoms. The lowest BCUT2D eigenvalue weighted by atomic mass is 10.2. The topological polar surface area (TPSA) is 51.9 Å². The third kappa shape index (κ3) is 3.31. The van der Waals surface area contributed by atoms with Gasteiger partial charge in [0.2, 0.25) is 0 Å². The number of aryl methyl sites for hydroxylation is 1. The fraction of sp³-hybridized carbons (Fsp3) is 0.353. The fourth-order valence-electron chi connectivity index (χ4n) is 2.49. The van der Waals surface area contributed by atoms with Crippen LogP contribution in [0.25, 0.3) is 0 Å². The van der Waals surface area contributed by atoms with Crippen LogP contribution in [0.15, 0.2) is 47.1 Å². The van der Waals surface area contributed by atoms with Gasteiger partial charge in [0.15, 0.2) is 0 Å². The summed E-state index contributed by atoms with van der Waals surface area (Å²) in [5.74, 6) is 1.44. The van der Waals surface area contributed by atoms with E-state index in [9.17, 15) is 4.79 Å². The lowest BCUT2D eigenvalue weighted by Gasteiger charge is -2.32. The summed E-state index contributed by atoms with van der Waals surface area (Å²) in [5, 5.41) is 0. The van der Waals surface area contributed by atoms with Crippen molar-refractivity contribution in [3.63, 3.8) is 0 Å². The quantitative estimate of drug-likeness (QED) is 0.870. The molecule has 1 aromatic carbocycles. The van der Waals surface area contributed by atoms with Gasteiger partial charge >= 0.3 is 0 Å². The van der Waals surface area contributed by atoms with E-state index in [1.165, 1.54) is 0 Å². The van der Waals surface area contributed by atoms with Crippen molar-refractivity contribution in [2.45, 2.75) is 13.0 Å². The number of ether oxygens (including phenoxy) is 2. The molecule has 1 aliphatic heterocycles. The molecular formula is C17H19NO4. The third-order valence-corrected chi connectivity index (χ3v) is 3.69. The lowest BCUT2D eigenvalue weighted by Crippen LogP contribution is -2.47. The highest BCUT2D eigenvalue weighted by molar-refractivity contribution is 5.95. The van der Waals surface area contributed by atoms with E-state index in [0.29, 0.717) is 37.6 Å². The minimum atomic E-state index is -0.120. The summed E-state index contributed by atoms with van der Waals surface area (Å²) < 4.78 is 16.6. The molecule has 0 N–H and O–H groups in total. The van der Waals surface area contributed by atoms with Crippen molar-refractivity contribution in [2.75, 3.05) is 26.3 Å². The van der Waals surface area contributed by atoms with E-state index < -0.39 is 0 Å². The largest absolute Gasteiger partial charge is 0.491 e. The maximum absolute atomic E-state index is 12.5. The molecule has 1 atom stereocenters. The van der Waals surface area contributed by atoms with Gasteiger partial charge in [-0.05, 0) is 25.1 Å². The molecule has 2 heterocycles. The number of carbonyl (C=O) groups excluding carboxylic acids is 1. The van der Waals surface area contributed by atoms with Crippen molar-refractivity contribution < 1.29 is 18.7 Å². The predicted octanol–water partition coefficient (Wildman–Crippen LogP) is 2.51. The normalized spacial score (nSPS) is 18.2. The van der Waals surface area contributed by atoms with Gasteiger partial charge in [-0.1, -0.05) is 18.2 Å². The van der Waals surface area contributed by atoms with Gasteiger partial charge in [0.05, 0.1) is 25.0 Å². The predicted molar refractivity (Wildman–Crippen MR) is 81.0 cm³/mol. The van der Waals surface area contributed by atoms with E-state index in [2.05, 4.69) is 0 Å². The van der Waals surface area contributed by atoms with E-state index in [1.807, 2.05) is 30.3 Å². The first-order valence-corrected chi connectivity index (χ1v) is 7.37. The maximum atomic E-state index is 12.5. The van der Waals surface area contributed by atoms with Gasteiger partial charge in [-0.3, -0.25) is 4.79 Å². The molecule has 3 rings (SSSR count). The van der Waals surface area contributed by atoms with Crippen molar-refractivity contribution in [2.24, 2.45) is 0 Å². The smallest absolute Gasteiger partial charge is 0.257 e. The average molecular weight is 301 g/mol. The molecule has 5 nitrogen and oxygen atoms in total. The zero-order valence-electron chi connectivity index (χ0n) is 12.5. The Bertz CT molecular complexity index is 623. The van der Waals surface area contributed by atoms with Crippen molar-refractivity contribution in [3.8, 4) is 5.75 Å². The van der Waals surface area contributed by atoms with Gasteiger partial charge in [-0.15, -0.1) is 0 Å². The minimum Gasteiger partial charge on any atom is -0.491 e. The summed E-state index contributed by atoms with van der Waals surface area (Å²) in [4.78, 5) is 14.3. The molecule has 1 amide bonds. The molecule has 0 spiro atoms. The van der Waals surface area contributed by atoms with Gasteiger partial charge in [0, 0.05) is 6.54 Å². The number of carbonyl (C=O) groups is 1. The van der Waals surface area contributed by atoms with Crippen molar-refractivity contribution in [1.82, 2.24) is 4.90 Å². The molecule has 5 heteroatoms. The van der Waals surface area contributed by atoms with Crippen molar-refractivity contribution >= 4 is 5.91 Å². The first kappa shape index (κ1) is 14.7. The van der Waals surface area contributed by atoms with Gasteiger partial charge in [0.25, 0.3) is 5.91 Å². The van der Waals surface area contributed by atoms with Gasteiger partial charge in [-0.25, -0.2) is 0 Å². The van der Waals surface area contributed by atoms with Crippen LogP contribution in [0.5, 0.6) is 5.75 Å². The van der Waals surface area contributed by atoms with E-state index >= 15 is 0 Å². The van der Waals surface area contributed by atoms with Gasteiger partial charge in [-0.2, -0.15) is 0 Å². The summed E-state index contributed by atoms with van der Waals surface area (Å²) >= 11 is 0. The van der Waals surface area contributed by atoms with Crippen LogP contribution in [0.3, 0.4) is 0 Å². The van der Waals surface area contributed by atoms with E-state index in [0.717, 1.165) is 5.75 Å². The molecule has 1 aliphatic rings. The van der Waals surface area contributed by atoms with Crippen LogP contribution >= 0.6 is 0 Å². The Morgan fingerprint density at radius 2 is 2.14 bits per heavy atom. The van der Waals surface area contributed by atoms with Crippen LogP contribution in [-0.2, 0) is 4.74 Å². The Morgan fingerprint density at radius 1 is 1.32 bits per heavy atom. The maximum Gasteiger partial charge on any atom is 0.257 e. The number of nitrogens with zero attached hydrogens (tertiary/aromatic N) is 1. The van der Waals surface area contributed by atoms with Crippen molar-refractivity contribution in [3.05, 3.63) is 54.0 Å². The van der Waals surface area contributed by atoms with Crippen molar-refractivity contribution in [1.29, 1.82) is 0 Å². The molecule has 0 radical (unpaired) electrons. The third-order valence-electron chi connectivity index (χ3n) is 3.69. The fourth-order valence-corrected chi connectivity index (χ4v) is 2.49. The van der Waals surface area contributed by atoms with E-state index in [1.54, 1.807) is 24.2 Å². The Morgan fingerprint density at radius 3 is 2.86 bits per heavy atom. The number of hydrogen-bond donors (Lipinski definition) is 0. The number of hydrogen-bond acceptors (Lipinski definition) is 4. The highest BCUT2D eigenvalue weighted by Crippen LogP contribution is 2.16. The zero-order valence-corrected chi connectivity index (χ0v) is 12.5. The van der Waals surface area contributed by atoms with Gasteiger partial charge in [0.1, 0.15) is 24.2 Å². The number of benzene rings is 1. The summed E-state index contributed by atoms with van der Waals surface area (Å²) in [6, 6.07) is 11.3. The molecule has 1 fully saturated rings.